The fraction of sp³-hybridized carbons (Fsp3) is 1.00. The molecule has 3 nitrogen and oxygen atoms in total. The predicted molar refractivity (Wildman–Crippen MR) is 78.0 cm³/mol. The Kier molecular flexibility index (Phi) is 7.87. The molecule has 0 aromatic heterocycles. The Labute approximate surface area is 113 Å². The van der Waals surface area contributed by atoms with Crippen LogP contribution >= 0.6 is 0 Å². The van der Waals surface area contributed by atoms with Gasteiger partial charge in [0, 0.05) is 19.2 Å². The van der Waals surface area contributed by atoms with Gasteiger partial charge in [0.15, 0.2) is 0 Å². The van der Waals surface area contributed by atoms with Crippen LogP contribution in [0, 0.1) is 5.92 Å². The van der Waals surface area contributed by atoms with Crippen LogP contribution < -0.4 is 5.32 Å². The Bertz CT molecular complexity index is 209. The SMILES string of the molecule is CCN1CCCC(C(C)NCCCOC(C)C)C1. The number of nitrogens with zero attached hydrogens (tertiary/aromatic N) is 1. The molecule has 3 heteroatoms. The zero-order chi connectivity index (χ0) is 13.4. The molecule has 1 aliphatic rings. The lowest BCUT2D eigenvalue weighted by Gasteiger charge is -2.35. The van der Waals surface area contributed by atoms with Gasteiger partial charge in [0.25, 0.3) is 0 Å². The molecule has 1 rings (SSSR count). The fourth-order valence-corrected chi connectivity index (χ4v) is 2.67. The van der Waals surface area contributed by atoms with E-state index in [-0.39, 0.29) is 0 Å². The van der Waals surface area contributed by atoms with Gasteiger partial charge in [-0.25, -0.2) is 0 Å². The molecular formula is C15H32N2O. The first kappa shape index (κ1) is 15.9. The van der Waals surface area contributed by atoms with Crippen LogP contribution in [0.2, 0.25) is 0 Å². The van der Waals surface area contributed by atoms with Gasteiger partial charge in [-0.2, -0.15) is 0 Å². The van der Waals surface area contributed by atoms with E-state index in [0.717, 1.165) is 25.5 Å². The Morgan fingerprint density at radius 3 is 2.78 bits per heavy atom. The molecule has 2 atom stereocenters. The van der Waals surface area contributed by atoms with Crippen molar-refractivity contribution in [2.75, 3.05) is 32.8 Å². The Balaban J connectivity index is 2.10. The summed E-state index contributed by atoms with van der Waals surface area (Å²) in [6.45, 7) is 14.5. The molecule has 0 bridgehead atoms. The average Bonchev–Trinajstić information content (AvgIpc) is 2.37. The Morgan fingerprint density at radius 1 is 1.33 bits per heavy atom. The van der Waals surface area contributed by atoms with Gasteiger partial charge < -0.3 is 15.0 Å². The highest BCUT2D eigenvalue weighted by molar-refractivity contribution is 4.79. The molecule has 0 radical (unpaired) electrons. The van der Waals surface area contributed by atoms with Crippen molar-refractivity contribution in [1.82, 2.24) is 10.2 Å². The second kappa shape index (κ2) is 8.89. The summed E-state index contributed by atoms with van der Waals surface area (Å²) in [6.07, 6.45) is 4.22. The maximum Gasteiger partial charge on any atom is 0.0518 e. The third kappa shape index (κ3) is 6.17. The third-order valence-electron chi connectivity index (χ3n) is 3.93. The Hall–Kier alpha value is -0.120. The van der Waals surface area contributed by atoms with Gasteiger partial charge in [-0.3, -0.25) is 0 Å². The van der Waals surface area contributed by atoms with Crippen LogP contribution in [0.4, 0.5) is 0 Å². The quantitative estimate of drug-likeness (QED) is 0.675. The number of rotatable bonds is 8. The highest BCUT2D eigenvalue weighted by Gasteiger charge is 2.23. The van der Waals surface area contributed by atoms with E-state index in [1.165, 1.54) is 32.5 Å². The normalized spacial score (nSPS) is 23.5. The average molecular weight is 256 g/mol. The van der Waals surface area contributed by atoms with Gasteiger partial charge in [0.05, 0.1) is 6.10 Å². The number of likely N-dealkylation sites (tertiary alicyclic amines) is 1. The second-order valence-corrected chi connectivity index (χ2v) is 5.81. The summed E-state index contributed by atoms with van der Waals surface area (Å²) >= 11 is 0. The summed E-state index contributed by atoms with van der Waals surface area (Å²) < 4.78 is 5.56. The van der Waals surface area contributed by atoms with Gasteiger partial charge in [-0.1, -0.05) is 6.92 Å². The number of hydrogen-bond donors (Lipinski definition) is 1. The molecule has 0 aliphatic carbocycles. The minimum Gasteiger partial charge on any atom is -0.379 e. The lowest BCUT2D eigenvalue weighted by atomic mass is 9.91. The molecule has 1 fully saturated rings. The van der Waals surface area contributed by atoms with E-state index in [0.29, 0.717) is 12.1 Å². The molecule has 0 saturated carbocycles. The maximum atomic E-state index is 5.56. The molecule has 2 unspecified atom stereocenters. The first-order chi connectivity index (χ1) is 8.63. The zero-order valence-electron chi connectivity index (χ0n) is 12.7. The van der Waals surface area contributed by atoms with Gasteiger partial charge in [0.1, 0.15) is 0 Å². The van der Waals surface area contributed by atoms with Gasteiger partial charge in [-0.15, -0.1) is 0 Å². The van der Waals surface area contributed by atoms with Crippen molar-refractivity contribution >= 4 is 0 Å². The van der Waals surface area contributed by atoms with Crippen LogP contribution in [0.25, 0.3) is 0 Å². The molecule has 1 heterocycles. The molecule has 1 N–H and O–H groups in total. The molecule has 1 saturated heterocycles. The van der Waals surface area contributed by atoms with Crippen LogP contribution in [-0.2, 0) is 4.74 Å². The second-order valence-electron chi connectivity index (χ2n) is 5.81. The number of ether oxygens (including phenoxy) is 1. The summed E-state index contributed by atoms with van der Waals surface area (Å²) in [5.74, 6) is 0.824. The molecule has 18 heavy (non-hydrogen) atoms. The van der Waals surface area contributed by atoms with E-state index in [1.54, 1.807) is 0 Å². The topological polar surface area (TPSA) is 24.5 Å². The lowest BCUT2D eigenvalue weighted by molar-refractivity contribution is 0.0758. The smallest absolute Gasteiger partial charge is 0.0518 e. The van der Waals surface area contributed by atoms with Crippen molar-refractivity contribution in [2.45, 2.75) is 59.1 Å². The molecule has 0 aromatic rings. The van der Waals surface area contributed by atoms with Crippen molar-refractivity contribution in [2.24, 2.45) is 5.92 Å². The van der Waals surface area contributed by atoms with Gasteiger partial charge in [0.2, 0.25) is 0 Å². The molecule has 0 aromatic carbocycles. The first-order valence-corrected chi connectivity index (χ1v) is 7.70. The fourth-order valence-electron chi connectivity index (χ4n) is 2.67. The van der Waals surface area contributed by atoms with Crippen LogP contribution in [0.3, 0.4) is 0 Å². The minimum absolute atomic E-state index is 0.360. The van der Waals surface area contributed by atoms with Crippen molar-refractivity contribution in [3.05, 3.63) is 0 Å². The van der Waals surface area contributed by atoms with E-state index < -0.39 is 0 Å². The van der Waals surface area contributed by atoms with Crippen LogP contribution in [0.15, 0.2) is 0 Å². The highest BCUT2D eigenvalue weighted by Crippen LogP contribution is 2.19. The standard InChI is InChI=1S/C15H32N2O/c1-5-17-10-6-8-15(12-17)14(4)16-9-7-11-18-13(2)3/h13-16H,5-12H2,1-4H3. The third-order valence-corrected chi connectivity index (χ3v) is 3.93. The number of piperidine rings is 1. The van der Waals surface area contributed by atoms with E-state index in [4.69, 9.17) is 4.74 Å². The molecule has 0 spiro atoms. The summed E-state index contributed by atoms with van der Waals surface area (Å²) in [4.78, 5) is 2.58. The molecule has 1 aliphatic heterocycles. The number of nitrogens with one attached hydrogen (secondary N) is 1. The van der Waals surface area contributed by atoms with E-state index >= 15 is 0 Å². The van der Waals surface area contributed by atoms with Crippen LogP contribution in [0.1, 0.15) is 47.0 Å². The molecular weight excluding hydrogens is 224 g/mol. The van der Waals surface area contributed by atoms with Crippen molar-refractivity contribution < 1.29 is 4.74 Å². The molecule has 0 amide bonds. The zero-order valence-corrected chi connectivity index (χ0v) is 12.7. The summed E-state index contributed by atoms with van der Waals surface area (Å²) in [7, 11) is 0. The summed E-state index contributed by atoms with van der Waals surface area (Å²) in [6, 6.07) is 0.637. The van der Waals surface area contributed by atoms with E-state index in [2.05, 4.69) is 37.9 Å². The van der Waals surface area contributed by atoms with E-state index in [9.17, 15) is 0 Å². The predicted octanol–water partition coefficient (Wildman–Crippen LogP) is 2.51. The van der Waals surface area contributed by atoms with Crippen molar-refractivity contribution in [1.29, 1.82) is 0 Å². The number of hydrogen-bond acceptors (Lipinski definition) is 3. The summed E-state index contributed by atoms with van der Waals surface area (Å²) in [5, 5.41) is 3.66. The summed E-state index contributed by atoms with van der Waals surface area (Å²) in [5.41, 5.74) is 0. The Morgan fingerprint density at radius 2 is 2.11 bits per heavy atom. The molecule has 108 valence electrons. The van der Waals surface area contributed by atoms with Crippen LogP contribution in [0.5, 0.6) is 0 Å². The van der Waals surface area contributed by atoms with Crippen LogP contribution in [-0.4, -0.2) is 49.8 Å². The van der Waals surface area contributed by atoms with Crippen molar-refractivity contribution in [3.8, 4) is 0 Å². The first-order valence-electron chi connectivity index (χ1n) is 7.70. The maximum absolute atomic E-state index is 5.56. The van der Waals surface area contributed by atoms with Gasteiger partial charge >= 0.3 is 0 Å². The van der Waals surface area contributed by atoms with E-state index in [1.807, 2.05) is 0 Å². The lowest BCUT2D eigenvalue weighted by Crippen LogP contribution is -2.44. The van der Waals surface area contributed by atoms with Crippen molar-refractivity contribution in [3.63, 3.8) is 0 Å². The minimum atomic E-state index is 0.360. The van der Waals surface area contributed by atoms with Gasteiger partial charge in [-0.05, 0) is 65.6 Å². The highest BCUT2D eigenvalue weighted by atomic mass is 16.5. The largest absolute Gasteiger partial charge is 0.379 e. The monoisotopic (exact) mass is 256 g/mol.